The van der Waals surface area contributed by atoms with Gasteiger partial charge in [0.25, 0.3) is 0 Å². The van der Waals surface area contributed by atoms with Crippen LogP contribution in [0.15, 0.2) is 72.8 Å². The smallest absolute Gasteiger partial charge is 0.161 e. The van der Waals surface area contributed by atoms with E-state index < -0.39 is 11.8 Å². The van der Waals surface area contributed by atoms with E-state index in [2.05, 4.69) is 0 Å². The van der Waals surface area contributed by atoms with Crippen LogP contribution in [0.25, 0.3) is 0 Å². The van der Waals surface area contributed by atoms with Crippen LogP contribution in [-0.2, 0) is 4.79 Å². The topological polar surface area (TPSA) is 54.0 Å². The fourth-order valence-electron chi connectivity index (χ4n) is 6.99. The van der Waals surface area contributed by atoms with Gasteiger partial charge in [-0.2, -0.15) is 0 Å². The molecule has 0 saturated heterocycles. The monoisotopic (exact) mass is 726 g/mol. The first-order chi connectivity index (χ1) is 23.3. The molecular weight excluding hydrogens is 690 g/mol. The predicted molar refractivity (Wildman–Crippen MR) is 193 cm³/mol. The first-order valence-electron chi connectivity index (χ1n) is 16.4. The number of hydrogen-bond donors (Lipinski definition) is 0. The van der Waals surface area contributed by atoms with Gasteiger partial charge in [0.05, 0.1) is 38.3 Å². The Labute approximate surface area is 302 Å². The Hall–Kier alpha value is -3.09. The molecule has 6 rings (SSSR count). The van der Waals surface area contributed by atoms with Crippen molar-refractivity contribution in [3.8, 4) is 23.0 Å². The summed E-state index contributed by atoms with van der Waals surface area (Å²) in [6, 6.07) is 21.6. The number of methoxy groups -OCH3 is 2. The van der Waals surface area contributed by atoms with Crippen molar-refractivity contribution in [1.29, 1.82) is 0 Å². The minimum Gasteiger partial charge on any atom is -0.493 e. The summed E-state index contributed by atoms with van der Waals surface area (Å²) in [6.07, 6.45) is 8.41. The van der Waals surface area contributed by atoms with E-state index in [1.54, 1.807) is 50.6 Å². The molecule has 2 aliphatic rings. The van der Waals surface area contributed by atoms with Gasteiger partial charge in [-0.3, -0.25) is 4.79 Å². The maximum atomic E-state index is 15.5. The minimum atomic E-state index is -0.929. The summed E-state index contributed by atoms with van der Waals surface area (Å²) in [5.41, 5.74) is 2.25. The SMILES string of the molecule is COc1ccc(C(C(=O)C(c2ccc(OC)c(OC3CCCC3)c2)c2c(Cl)cccc2Cl)c2c(Cl)cccc2Cl)cc1OC1CCCC1. The minimum absolute atomic E-state index is 0.0690. The van der Waals surface area contributed by atoms with Crippen LogP contribution in [0.2, 0.25) is 20.1 Å². The summed E-state index contributed by atoms with van der Waals surface area (Å²) in [6.45, 7) is 0. The van der Waals surface area contributed by atoms with Crippen molar-refractivity contribution in [2.75, 3.05) is 14.2 Å². The highest BCUT2D eigenvalue weighted by atomic mass is 35.5. The molecule has 9 heteroatoms. The van der Waals surface area contributed by atoms with Crippen molar-refractivity contribution in [3.05, 3.63) is 115 Å². The van der Waals surface area contributed by atoms with Crippen LogP contribution in [0, 0.1) is 0 Å². The van der Waals surface area contributed by atoms with E-state index in [1.807, 2.05) is 36.4 Å². The fraction of sp³-hybridized carbons (Fsp3) is 0.359. The van der Waals surface area contributed by atoms with Crippen molar-refractivity contribution >= 4 is 52.2 Å². The molecule has 0 bridgehead atoms. The number of carbonyl (C=O) groups excluding carboxylic acids is 1. The standard InChI is InChI=1S/C39H38Cl4O5/c1-45-31-19-17-23(21-33(31)47-25-9-3-4-10-25)35(37-27(40)13-7-14-28(37)41)39(44)36(38-29(42)15-8-16-30(38)43)24-18-20-32(46-2)34(22-24)48-26-11-5-6-12-26/h7-8,13-22,25-26,35-36H,3-6,9-12H2,1-2H3. The van der Waals surface area contributed by atoms with Crippen molar-refractivity contribution in [3.63, 3.8) is 0 Å². The molecule has 0 heterocycles. The van der Waals surface area contributed by atoms with Crippen LogP contribution < -0.4 is 18.9 Å². The molecule has 4 aromatic carbocycles. The number of carbonyl (C=O) groups is 1. The first-order valence-corrected chi connectivity index (χ1v) is 17.9. The van der Waals surface area contributed by atoms with Gasteiger partial charge in [-0.1, -0.05) is 70.7 Å². The zero-order chi connectivity index (χ0) is 33.8. The van der Waals surface area contributed by atoms with Crippen LogP contribution in [0.1, 0.15) is 85.5 Å². The van der Waals surface area contributed by atoms with Crippen molar-refractivity contribution in [1.82, 2.24) is 0 Å². The number of benzene rings is 4. The number of halogens is 4. The molecule has 0 amide bonds. The van der Waals surface area contributed by atoms with Gasteiger partial charge in [0.1, 0.15) is 0 Å². The maximum Gasteiger partial charge on any atom is 0.161 e. The zero-order valence-electron chi connectivity index (χ0n) is 26.9. The van der Waals surface area contributed by atoms with E-state index in [4.69, 9.17) is 65.4 Å². The third-order valence-corrected chi connectivity index (χ3v) is 10.7. The Morgan fingerprint density at radius 2 is 0.917 bits per heavy atom. The van der Waals surface area contributed by atoms with Crippen molar-refractivity contribution in [2.24, 2.45) is 0 Å². The molecular formula is C39H38Cl4O5. The highest BCUT2D eigenvalue weighted by molar-refractivity contribution is 6.37. The molecule has 2 aliphatic carbocycles. The largest absolute Gasteiger partial charge is 0.493 e. The summed E-state index contributed by atoms with van der Waals surface area (Å²) < 4.78 is 24.3. The summed E-state index contributed by atoms with van der Waals surface area (Å²) in [5, 5.41) is 1.44. The van der Waals surface area contributed by atoms with E-state index in [-0.39, 0.29) is 18.0 Å². The lowest BCUT2D eigenvalue weighted by Gasteiger charge is -2.28. The lowest BCUT2D eigenvalue weighted by atomic mass is 9.76. The van der Waals surface area contributed by atoms with Crippen LogP contribution in [0.5, 0.6) is 23.0 Å². The fourth-order valence-corrected chi connectivity index (χ4v) is 8.22. The van der Waals surface area contributed by atoms with Gasteiger partial charge >= 0.3 is 0 Å². The Kier molecular flexibility index (Phi) is 11.3. The highest BCUT2D eigenvalue weighted by Crippen LogP contribution is 2.47. The molecule has 0 aliphatic heterocycles. The summed E-state index contributed by atoms with van der Waals surface area (Å²) in [4.78, 5) is 15.5. The number of hydrogen-bond acceptors (Lipinski definition) is 5. The van der Waals surface area contributed by atoms with E-state index in [0.717, 1.165) is 51.4 Å². The molecule has 2 atom stereocenters. The zero-order valence-corrected chi connectivity index (χ0v) is 30.0. The normalized spacial score (nSPS) is 16.5. The number of ketones is 1. The first kappa shape index (κ1) is 34.8. The molecule has 2 saturated carbocycles. The van der Waals surface area contributed by atoms with Gasteiger partial charge in [-0.25, -0.2) is 0 Å². The Bertz CT molecular complexity index is 1600. The van der Waals surface area contributed by atoms with E-state index in [0.29, 0.717) is 65.3 Å². The predicted octanol–water partition coefficient (Wildman–Crippen LogP) is 11.5. The van der Waals surface area contributed by atoms with Gasteiger partial charge in [0, 0.05) is 31.2 Å². The molecule has 48 heavy (non-hydrogen) atoms. The Balaban J connectivity index is 1.54. The van der Waals surface area contributed by atoms with Gasteiger partial charge in [0.2, 0.25) is 0 Å². The van der Waals surface area contributed by atoms with E-state index in [1.165, 1.54) is 0 Å². The van der Waals surface area contributed by atoms with Gasteiger partial charge in [0.15, 0.2) is 28.8 Å². The Morgan fingerprint density at radius 1 is 0.562 bits per heavy atom. The molecule has 5 nitrogen and oxygen atoms in total. The molecule has 0 aromatic heterocycles. The number of Topliss-reactive ketones (excluding diaryl/α,β-unsaturated/α-hetero) is 1. The molecule has 252 valence electrons. The second-order valence-electron chi connectivity index (χ2n) is 12.4. The number of ether oxygens (including phenoxy) is 4. The Morgan fingerprint density at radius 3 is 1.25 bits per heavy atom. The quantitative estimate of drug-likeness (QED) is 0.145. The van der Waals surface area contributed by atoms with Gasteiger partial charge in [-0.05, 0) is 111 Å². The van der Waals surface area contributed by atoms with Gasteiger partial charge < -0.3 is 18.9 Å². The summed E-state index contributed by atoms with van der Waals surface area (Å²) >= 11 is 27.6. The molecule has 4 aromatic rings. The van der Waals surface area contributed by atoms with Crippen molar-refractivity contribution < 1.29 is 23.7 Å². The lowest BCUT2D eigenvalue weighted by Crippen LogP contribution is -2.24. The third-order valence-electron chi connectivity index (χ3n) is 9.38. The van der Waals surface area contributed by atoms with Crippen molar-refractivity contribution in [2.45, 2.75) is 75.4 Å². The van der Waals surface area contributed by atoms with Crippen LogP contribution >= 0.6 is 46.4 Å². The van der Waals surface area contributed by atoms with Crippen LogP contribution in [0.3, 0.4) is 0 Å². The van der Waals surface area contributed by atoms with Crippen LogP contribution in [-0.4, -0.2) is 32.2 Å². The molecule has 0 radical (unpaired) electrons. The average Bonchev–Trinajstić information content (AvgIpc) is 3.79. The second kappa shape index (κ2) is 15.6. The maximum absolute atomic E-state index is 15.5. The molecule has 0 N–H and O–H groups in total. The van der Waals surface area contributed by atoms with E-state index >= 15 is 4.79 Å². The lowest BCUT2D eigenvalue weighted by molar-refractivity contribution is -0.120. The molecule has 2 fully saturated rings. The van der Waals surface area contributed by atoms with Crippen LogP contribution in [0.4, 0.5) is 0 Å². The van der Waals surface area contributed by atoms with Gasteiger partial charge in [-0.15, -0.1) is 0 Å². The number of rotatable bonds is 12. The highest BCUT2D eigenvalue weighted by Gasteiger charge is 2.37. The summed E-state index contributed by atoms with van der Waals surface area (Å²) in [5.74, 6) is 0.199. The third kappa shape index (κ3) is 7.40. The van der Waals surface area contributed by atoms with E-state index in [9.17, 15) is 0 Å². The summed E-state index contributed by atoms with van der Waals surface area (Å²) in [7, 11) is 3.21. The molecule has 2 unspecified atom stereocenters. The molecule has 0 spiro atoms. The average molecular weight is 729 g/mol. The second-order valence-corrected chi connectivity index (χ2v) is 14.0.